The SMILES string of the molecule is CCNC(=NCCCc1nn(-c2ccccc2)c(N)c1C#N)NCCCOCC. The van der Waals surface area contributed by atoms with Crippen molar-refractivity contribution in [3.8, 4) is 11.8 Å². The first-order valence-corrected chi connectivity index (χ1v) is 10.1. The summed E-state index contributed by atoms with van der Waals surface area (Å²) in [7, 11) is 0. The van der Waals surface area contributed by atoms with E-state index in [0.717, 1.165) is 50.8 Å². The molecule has 0 saturated carbocycles. The van der Waals surface area contributed by atoms with E-state index >= 15 is 0 Å². The third-order valence-corrected chi connectivity index (χ3v) is 4.25. The van der Waals surface area contributed by atoms with Crippen LogP contribution in [0.5, 0.6) is 0 Å². The predicted molar refractivity (Wildman–Crippen MR) is 116 cm³/mol. The first-order chi connectivity index (χ1) is 14.2. The summed E-state index contributed by atoms with van der Waals surface area (Å²) in [4.78, 5) is 4.59. The lowest BCUT2D eigenvalue weighted by atomic mass is 10.1. The number of benzene rings is 1. The van der Waals surface area contributed by atoms with Gasteiger partial charge in [0.25, 0.3) is 0 Å². The van der Waals surface area contributed by atoms with E-state index < -0.39 is 0 Å². The normalized spacial score (nSPS) is 11.3. The molecule has 2 rings (SSSR count). The van der Waals surface area contributed by atoms with Crippen molar-refractivity contribution >= 4 is 11.8 Å². The van der Waals surface area contributed by atoms with Gasteiger partial charge in [-0.2, -0.15) is 10.4 Å². The topological polar surface area (TPSA) is 113 Å². The van der Waals surface area contributed by atoms with Crippen LogP contribution in [0.4, 0.5) is 5.82 Å². The molecule has 29 heavy (non-hydrogen) atoms. The molecule has 0 radical (unpaired) electrons. The monoisotopic (exact) mass is 397 g/mol. The number of hydrogen-bond donors (Lipinski definition) is 3. The maximum absolute atomic E-state index is 9.49. The van der Waals surface area contributed by atoms with Crippen LogP contribution in [0.2, 0.25) is 0 Å². The van der Waals surface area contributed by atoms with E-state index in [1.165, 1.54) is 0 Å². The molecule has 0 bridgehead atoms. The molecule has 4 N–H and O–H groups in total. The fraction of sp³-hybridized carbons (Fsp3) is 0.476. The van der Waals surface area contributed by atoms with Crippen LogP contribution in [-0.2, 0) is 11.2 Å². The average molecular weight is 398 g/mol. The summed E-state index contributed by atoms with van der Waals surface area (Å²) in [6.07, 6.45) is 2.34. The molecular weight excluding hydrogens is 366 g/mol. The van der Waals surface area contributed by atoms with Crippen molar-refractivity contribution in [1.29, 1.82) is 5.26 Å². The second-order valence-corrected chi connectivity index (χ2v) is 6.41. The number of nitrogens with zero attached hydrogens (tertiary/aromatic N) is 4. The highest BCUT2D eigenvalue weighted by molar-refractivity contribution is 5.79. The van der Waals surface area contributed by atoms with Gasteiger partial charge in [0.1, 0.15) is 17.5 Å². The van der Waals surface area contributed by atoms with Crippen LogP contribution in [0, 0.1) is 11.3 Å². The Bertz CT molecular complexity index is 808. The molecule has 8 nitrogen and oxygen atoms in total. The molecule has 1 aromatic heterocycles. The van der Waals surface area contributed by atoms with Gasteiger partial charge in [-0.15, -0.1) is 0 Å². The summed E-state index contributed by atoms with van der Waals surface area (Å²) >= 11 is 0. The number of anilines is 1. The van der Waals surface area contributed by atoms with Gasteiger partial charge in [-0.1, -0.05) is 18.2 Å². The Morgan fingerprint density at radius 1 is 1.24 bits per heavy atom. The smallest absolute Gasteiger partial charge is 0.191 e. The number of hydrogen-bond acceptors (Lipinski definition) is 5. The van der Waals surface area contributed by atoms with Crippen LogP contribution in [-0.4, -0.2) is 48.6 Å². The molecule has 0 unspecified atom stereocenters. The molecule has 156 valence electrons. The second kappa shape index (κ2) is 12.4. The minimum atomic E-state index is 0.376. The van der Waals surface area contributed by atoms with Gasteiger partial charge in [-0.3, -0.25) is 4.99 Å². The van der Waals surface area contributed by atoms with Gasteiger partial charge < -0.3 is 21.1 Å². The Labute approximate surface area is 172 Å². The van der Waals surface area contributed by atoms with Crippen molar-refractivity contribution < 1.29 is 4.74 Å². The summed E-state index contributed by atoms with van der Waals surface area (Å²) < 4.78 is 6.97. The van der Waals surface area contributed by atoms with Gasteiger partial charge in [0.15, 0.2) is 5.96 Å². The van der Waals surface area contributed by atoms with E-state index in [0.29, 0.717) is 30.0 Å². The quantitative estimate of drug-likeness (QED) is 0.304. The molecule has 0 aliphatic rings. The summed E-state index contributed by atoms with van der Waals surface area (Å²) in [5.41, 5.74) is 8.14. The van der Waals surface area contributed by atoms with Gasteiger partial charge in [0, 0.05) is 32.8 Å². The third kappa shape index (κ3) is 6.80. The lowest BCUT2D eigenvalue weighted by Gasteiger charge is -2.11. The van der Waals surface area contributed by atoms with Crippen molar-refractivity contribution in [2.75, 3.05) is 38.6 Å². The minimum Gasteiger partial charge on any atom is -0.382 e. The molecule has 0 saturated heterocycles. The minimum absolute atomic E-state index is 0.376. The number of aromatic nitrogens is 2. The Morgan fingerprint density at radius 3 is 2.72 bits per heavy atom. The summed E-state index contributed by atoms with van der Waals surface area (Å²) in [6.45, 7) is 7.75. The zero-order valence-corrected chi connectivity index (χ0v) is 17.3. The van der Waals surface area contributed by atoms with Crippen molar-refractivity contribution in [2.45, 2.75) is 33.1 Å². The summed E-state index contributed by atoms with van der Waals surface area (Å²) in [6, 6.07) is 11.8. The first kappa shape index (κ1) is 22.2. The Hall–Kier alpha value is -3.05. The van der Waals surface area contributed by atoms with E-state index in [1.807, 2.05) is 44.2 Å². The second-order valence-electron chi connectivity index (χ2n) is 6.41. The highest BCUT2D eigenvalue weighted by Gasteiger charge is 2.16. The van der Waals surface area contributed by atoms with E-state index in [1.54, 1.807) is 4.68 Å². The van der Waals surface area contributed by atoms with Crippen molar-refractivity contribution in [3.05, 3.63) is 41.6 Å². The van der Waals surface area contributed by atoms with Crippen molar-refractivity contribution in [3.63, 3.8) is 0 Å². The summed E-state index contributed by atoms with van der Waals surface area (Å²) in [5.74, 6) is 1.17. The van der Waals surface area contributed by atoms with E-state index in [2.05, 4.69) is 26.8 Å². The number of nitrogens with two attached hydrogens (primary N) is 1. The number of nitrogen functional groups attached to an aromatic ring is 1. The van der Waals surface area contributed by atoms with Gasteiger partial charge in [-0.25, -0.2) is 4.68 Å². The Morgan fingerprint density at radius 2 is 2.03 bits per heavy atom. The standard InChI is InChI=1S/C21H31N7O/c1-3-24-21(26-14-9-15-29-4-2)25-13-8-12-19-18(16-22)20(23)28(27-19)17-10-6-5-7-11-17/h5-7,10-11H,3-4,8-9,12-15,23H2,1-2H3,(H2,24,25,26). The first-order valence-electron chi connectivity index (χ1n) is 10.1. The van der Waals surface area contributed by atoms with Crippen LogP contribution >= 0.6 is 0 Å². The summed E-state index contributed by atoms with van der Waals surface area (Å²) in [5, 5.41) is 20.6. The molecule has 0 amide bonds. The molecule has 2 aromatic rings. The molecule has 0 fully saturated rings. The number of guanidine groups is 1. The third-order valence-electron chi connectivity index (χ3n) is 4.25. The molecule has 1 heterocycles. The molecule has 0 spiro atoms. The van der Waals surface area contributed by atoms with Crippen LogP contribution in [0.3, 0.4) is 0 Å². The molecule has 8 heteroatoms. The number of ether oxygens (including phenoxy) is 1. The number of para-hydroxylation sites is 1. The largest absolute Gasteiger partial charge is 0.382 e. The maximum Gasteiger partial charge on any atom is 0.191 e. The van der Waals surface area contributed by atoms with Gasteiger partial charge >= 0.3 is 0 Å². The predicted octanol–water partition coefficient (Wildman–Crippen LogP) is 2.24. The van der Waals surface area contributed by atoms with Crippen LogP contribution in [0.1, 0.15) is 37.9 Å². The lowest BCUT2D eigenvalue weighted by Crippen LogP contribution is -2.38. The fourth-order valence-corrected chi connectivity index (χ4v) is 2.85. The van der Waals surface area contributed by atoms with Gasteiger partial charge in [0.2, 0.25) is 0 Å². The molecule has 0 aliphatic heterocycles. The van der Waals surface area contributed by atoms with E-state index in [4.69, 9.17) is 10.5 Å². The molecule has 0 aliphatic carbocycles. The number of aryl methyl sites for hydroxylation is 1. The van der Waals surface area contributed by atoms with Crippen LogP contribution in [0.25, 0.3) is 5.69 Å². The number of aliphatic imine (C=N–C) groups is 1. The van der Waals surface area contributed by atoms with Crippen molar-refractivity contribution in [2.24, 2.45) is 4.99 Å². The number of nitrogens with one attached hydrogen (secondary N) is 2. The van der Waals surface area contributed by atoms with Crippen LogP contribution in [0.15, 0.2) is 35.3 Å². The Kier molecular flexibility index (Phi) is 9.52. The number of rotatable bonds is 11. The van der Waals surface area contributed by atoms with E-state index in [9.17, 15) is 5.26 Å². The molecule has 0 atom stereocenters. The zero-order valence-electron chi connectivity index (χ0n) is 17.3. The number of nitriles is 1. The maximum atomic E-state index is 9.49. The highest BCUT2D eigenvalue weighted by atomic mass is 16.5. The van der Waals surface area contributed by atoms with Crippen molar-refractivity contribution in [1.82, 2.24) is 20.4 Å². The fourth-order valence-electron chi connectivity index (χ4n) is 2.85. The van der Waals surface area contributed by atoms with Gasteiger partial charge in [-0.05, 0) is 45.2 Å². The van der Waals surface area contributed by atoms with E-state index in [-0.39, 0.29) is 0 Å². The highest BCUT2D eigenvalue weighted by Crippen LogP contribution is 2.21. The average Bonchev–Trinajstić information content (AvgIpc) is 3.06. The zero-order chi connectivity index (χ0) is 20.9. The molecule has 1 aromatic carbocycles. The molecular formula is C21H31N7O. The van der Waals surface area contributed by atoms with Crippen LogP contribution < -0.4 is 16.4 Å². The Balaban J connectivity index is 1.93. The van der Waals surface area contributed by atoms with Gasteiger partial charge in [0.05, 0.1) is 11.4 Å². The lowest BCUT2D eigenvalue weighted by molar-refractivity contribution is 0.145.